The number of nitrogens with zero attached hydrogens (tertiary/aromatic N) is 5. The number of aromatic nitrogens is 3. The van der Waals surface area contributed by atoms with Crippen LogP contribution in [0.25, 0.3) is 0 Å². The molecule has 2 aliphatic rings. The maximum Gasteiger partial charge on any atom is 0.254 e. The largest absolute Gasteiger partial charge is 0.392 e. The summed E-state index contributed by atoms with van der Waals surface area (Å²) in [5.74, 6) is 1.72. The summed E-state index contributed by atoms with van der Waals surface area (Å²) in [4.78, 5) is 16.9. The van der Waals surface area contributed by atoms with Gasteiger partial charge in [-0.2, -0.15) is 0 Å². The van der Waals surface area contributed by atoms with Crippen LogP contribution in [0.15, 0.2) is 60.7 Å². The Kier molecular flexibility index (Phi) is 5.06. The van der Waals surface area contributed by atoms with E-state index in [0.717, 1.165) is 18.2 Å². The molecule has 0 spiro atoms. The molecule has 3 aromatic rings. The summed E-state index contributed by atoms with van der Waals surface area (Å²) in [6, 6.07) is 19.7. The smallest absolute Gasteiger partial charge is 0.254 e. The van der Waals surface area contributed by atoms with Crippen molar-refractivity contribution in [3.05, 3.63) is 83.4 Å². The molecule has 1 fully saturated rings. The fourth-order valence-electron chi connectivity index (χ4n) is 4.50. The highest BCUT2D eigenvalue weighted by atomic mass is 16.3. The third kappa shape index (κ3) is 3.62. The molecule has 0 saturated carbocycles. The van der Waals surface area contributed by atoms with Crippen molar-refractivity contribution in [2.75, 3.05) is 13.1 Å². The molecule has 0 unspecified atom stereocenters. The molecule has 1 N–H and O–H groups in total. The van der Waals surface area contributed by atoms with E-state index in [0.29, 0.717) is 38.2 Å². The van der Waals surface area contributed by atoms with Crippen molar-refractivity contribution in [3.8, 4) is 0 Å². The Morgan fingerprint density at radius 1 is 1.00 bits per heavy atom. The molecule has 7 nitrogen and oxygen atoms in total. The number of carbonyl (C=O) groups excluding carboxylic acids is 1. The lowest BCUT2D eigenvalue weighted by molar-refractivity contribution is 0.0704. The van der Waals surface area contributed by atoms with Gasteiger partial charge in [-0.05, 0) is 24.1 Å². The topological polar surface area (TPSA) is 74.5 Å². The fourth-order valence-corrected chi connectivity index (χ4v) is 4.50. The lowest BCUT2D eigenvalue weighted by atomic mass is 10.1. The summed E-state index contributed by atoms with van der Waals surface area (Å²) in [6.07, 6.45) is 0.281. The predicted octanol–water partition coefficient (Wildman–Crippen LogP) is 2.24. The highest BCUT2D eigenvalue weighted by Gasteiger charge is 2.37. The zero-order chi connectivity index (χ0) is 20.5. The monoisotopic (exact) mass is 403 g/mol. The maximum atomic E-state index is 12.8. The van der Waals surface area contributed by atoms with Gasteiger partial charge in [0.25, 0.3) is 5.91 Å². The number of benzene rings is 2. The summed E-state index contributed by atoms with van der Waals surface area (Å²) in [7, 11) is 0. The average molecular weight is 403 g/mol. The minimum Gasteiger partial charge on any atom is -0.392 e. The Bertz CT molecular complexity index is 1020. The molecule has 2 aliphatic heterocycles. The van der Waals surface area contributed by atoms with Crippen molar-refractivity contribution in [2.24, 2.45) is 0 Å². The van der Waals surface area contributed by atoms with Crippen LogP contribution >= 0.6 is 0 Å². The number of carbonyl (C=O) groups is 1. The van der Waals surface area contributed by atoms with E-state index >= 15 is 0 Å². The number of amides is 1. The zero-order valence-corrected chi connectivity index (χ0v) is 16.8. The number of aliphatic hydroxyl groups is 1. The predicted molar refractivity (Wildman–Crippen MR) is 111 cm³/mol. The highest BCUT2D eigenvalue weighted by Crippen LogP contribution is 2.33. The minimum atomic E-state index is -0.369. The Hall–Kier alpha value is -3.03. The molecule has 2 aromatic carbocycles. The zero-order valence-electron chi connectivity index (χ0n) is 16.8. The number of hydrogen-bond donors (Lipinski definition) is 1. The lowest BCUT2D eigenvalue weighted by Crippen LogP contribution is -2.39. The first-order valence-corrected chi connectivity index (χ1v) is 10.4. The number of rotatable bonds is 4. The van der Waals surface area contributed by atoms with Crippen molar-refractivity contribution in [1.29, 1.82) is 0 Å². The van der Waals surface area contributed by atoms with E-state index in [2.05, 4.69) is 31.8 Å². The molecule has 30 heavy (non-hydrogen) atoms. The summed E-state index contributed by atoms with van der Waals surface area (Å²) < 4.78 is 2.13. The van der Waals surface area contributed by atoms with Crippen molar-refractivity contribution in [1.82, 2.24) is 24.6 Å². The first-order valence-electron chi connectivity index (χ1n) is 10.4. The summed E-state index contributed by atoms with van der Waals surface area (Å²) in [5, 5.41) is 19.2. The Labute approximate surface area is 175 Å². The minimum absolute atomic E-state index is 0.0217. The van der Waals surface area contributed by atoms with Crippen LogP contribution in [-0.4, -0.2) is 54.8 Å². The first kappa shape index (κ1) is 19.0. The molecule has 154 valence electrons. The van der Waals surface area contributed by atoms with Crippen molar-refractivity contribution < 1.29 is 9.90 Å². The number of hydrogen-bond acceptors (Lipinski definition) is 5. The molecule has 3 heterocycles. The summed E-state index contributed by atoms with van der Waals surface area (Å²) in [5.41, 5.74) is 1.91. The normalized spacial score (nSPS) is 21.6. The van der Waals surface area contributed by atoms with Gasteiger partial charge in [0.05, 0.1) is 18.7 Å². The molecule has 7 heteroatoms. The second kappa shape index (κ2) is 8.01. The van der Waals surface area contributed by atoms with Gasteiger partial charge in [0.15, 0.2) is 11.6 Å². The molecule has 2 atom stereocenters. The van der Waals surface area contributed by atoms with Crippen LogP contribution in [0.3, 0.4) is 0 Å². The molecular weight excluding hydrogens is 378 g/mol. The fraction of sp³-hybridized carbons (Fsp3) is 0.348. The SMILES string of the molecule is O=C(c1ccccc1)N1CCn2c(nnc2[C@@H]2C[C@@H](O)CN2Cc2ccccc2)C1. The van der Waals surface area contributed by atoms with Gasteiger partial charge >= 0.3 is 0 Å². The van der Waals surface area contributed by atoms with E-state index in [1.54, 1.807) is 0 Å². The number of aliphatic hydroxyl groups excluding tert-OH is 1. The molecule has 1 amide bonds. The second-order valence-electron chi connectivity index (χ2n) is 8.04. The molecular formula is C23H25N5O2. The van der Waals surface area contributed by atoms with Crippen LogP contribution in [0.2, 0.25) is 0 Å². The molecule has 0 aliphatic carbocycles. The van der Waals surface area contributed by atoms with Crippen molar-refractivity contribution >= 4 is 5.91 Å². The third-order valence-corrected chi connectivity index (χ3v) is 6.00. The van der Waals surface area contributed by atoms with Crippen molar-refractivity contribution in [3.63, 3.8) is 0 Å². The Morgan fingerprint density at radius 3 is 2.50 bits per heavy atom. The van der Waals surface area contributed by atoms with E-state index < -0.39 is 0 Å². The van der Waals surface area contributed by atoms with E-state index in [1.165, 1.54) is 5.56 Å². The van der Waals surface area contributed by atoms with E-state index in [9.17, 15) is 9.90 Å². The van der Waals surface area contributed by atoms with E-state index in [4.69, 9.17) is 0 Å². The van der Waals surface area contributed by atoms with Gasteiger partial charge < -0.3 is 14.6 Å². The maximum absolute atomic E-state index is 12.8. The van der Waals surface area contributed by atoms with Gasteiger partial charge in [0, 0.05) is 31.7 Å². The number of likely N-dealkylation sites (tertiary alicyclic amines) is 1. The average Bonchev–Trinajstić information content (AvgIpc) is 3.36. The standard InChI is InChI=1S/C23H25N5O2/c29-19-13-20(27(15-19)14-17-7-3-1-4-8-17)22-25-24-21-16-26(11-12-28(21)22)23(30)18-9-5-2-6-10-18/h1-10,19-20,29H,11-16H2/t19-,20+/m1/s1. The summed E-state index contributed by atoms with van der Waals surface area (Å²) in [6.45, 7) is 3.14. The van der Waals surface area contributed by atoms with Crippen LogP contribution in [-0.2, 0) is 19.6 Å². The number of fused-ring (bicyclic) bond motifs is 1. The molecule has 0 radical (unpaired) electrons. The highest BCUT2D eigenvalue weighted by molar-refractivity contribution is 5.94. The van der Waals surface area contributed by atoms with Crippen LogP contribution in [0.5, 0.6) is 0 Å². The number of β-amino-alcohol motifs (C(OH)–C–C–N with tert-alkyl or cyclic N) is 1. The lowest BCUT2D eigenvalue weighted by Gasteiger charge is -2.30. The van der Waals surface area contributed by atoms with Gasteiger partial charge in [-0.3, -0.25) is 9.69 Å². The third-order valence-electron chi connectivity index (χ3n) is 6.00. The first-order chi connectivity index (χ1) is 14.7. The van der Waals surface area contributed by atoms with Crippen LogP contribution < -0.4 is 0 Å². The van der Waals surface area contributed by atoms with Gasteiger partial charge in [-0.15, -0.1) is 10.2 Å². The van der Waals surface area contributed by atoms with Crippen LogP contribution in [0.1, 0.15) is 40.0 Å². The van der Waals surface area contributed by atoms with Crippen LogP contribution in [0.4, 0.5) is 0 Å². The van der Waals surface area contributed by atoms with Gasteiger partial charge in [-0.1, -0.05) is 48.5 Å². The van der Waals surface area contributed by atoms with Gasteiger partial charge in [0.1, 0.15) is 0 Å². The molecule has 0 bridgehead atoms. The van der Waals surface area contributed by atoms with E-state index in [-0.39, 0.29) is 18.1 Å². The van der Waals surface area contributed by atoms with Crippen molar-refractivity contribution in [2.45, 2.75) is 38.2 Å². The Balaban J connectivity index is 1.35. The molecule has 5 rings (SSSR count). The molecule has 1 aromatic heterocycles. The van der Waals surface area contributed by atoms with E-state index in [1.807, 2.05) is 53.4 Å². The van der Waals surface area contributed by atoms with Gasteiger partial charge in [0.2, 0.25) is 0 Å². The second-order valence-corrected chi connectivity index (χ2v) is 8.04. The van der Waals surface area contributed by atoms with Crippen LogP contribution in [0, 0.1) is 0 Å². The van der Waals surface area contributed by atoms with Gasteiger partial charge in [-0.25, -0.2) is 0 Å². The quantitative estimate of drug-likeness (QED) is 0.723. The summed E-state index contributed by atoms with van der Waals surface area (Å²) >= 11 is 0. The molecule has 1 saturated heterocycles. The Morgan fingerprint density at radius 2 is 1.73 bits per heavy atom.